The largest absolute Gasteiger partial charge is 0.481 e. The lowest BCUT2D eigenvalue weighted by atomic mass is 10.0. The number of amides is 2. The van der Waals surface area contributed by atoms with Gasteiger partial charge in [0, 0.05) is 13.1 Å². The summed E-state index contributed by atoms with van der Waals surface area (Å²) in [5.41, 5.74) is 4.65. The van der Waals surface area contributed by atoms with E-state index >= 15 is 0 Å². The predicted octanol–water partition coefficient (Wildman–Crippen LogP) is 2.54. The molecule has 1 fully saturated rings. The summed E-state index contributed by atoms with van der Waals surface area (Å²) >= 11 is 1.55. The number of carbonyl (C=O) groups is 2. The molecule has 2 heterocycles. The molecular weight excluding hydrogens is 550 g/mol. The lowest BCUT2D eigenvalue weighted by molar-refractivity contribution is -0.123. The van der Waals surface area contributed by atoms with Crippen LogP contribution in [-0.4, -0.2) is 63.7 Å². The first kappa shape index (κ1) is 29.4. The number of thiazole rings is 1. The maximum absolute atomic E-state index is 12.7. The van der Waals surface area contributed by atoms with Gasteiger partial charge in [-0.15, -0.1) is 11.3 Å². The van der Waals surface area contributed by atoms with Crippen LogP contribution in [0.3, 0.4) is 0 Å². The quantitative estimate of drug-likeness (QED) is 0.159. The van der Waals surface area contributed by atoms with Crippen molar-refractivity contribution in [2.45, 2.75) is 38.5 Å². The van der Waals surface area contributed by atoms with Gasteiger partial charge in [0.15, 0.2) is 0 Å². The first-order valence-electron chi connectivity index (χ1n) is 11.1. The van der Waals surface area contributed by atoms with Gasteiger partial charge in [0.25, 0.3) is 0 Å². The summed E-state index contributed by atoms with van der Waals surface area (Å²) in [5, 5.41) is 16.1. The molecule has 204 valence electrons. The fourth-order valence-electron chi connectivity index (χ4n) is 3.56. The summed E-state index contributed by atoms with van der Waals surface area (Å²) in [6.07, 6.45) is -2.33. The fourth-order valence-corrected chi connectivity index (χ4v) is 6.62. The van der Waals surface area contributed by atoms with Gasteiger partial charge in [0.2, 0.25) is 5.91 Å². The predicted molar refractivity (Wildman–Crippen MR) is 133 cm³/mol. The number of hydrogen-bond donors (Lipinski definition) is 6. The number of benzene rings is 1. The van der Waals surface area contributed by atoms with Crippen molar-refractivity contribution in [1.29, 1.82) is 0 Å². The molecule has 37 heavy (non-hydrogen) atoms. The Kier molecular flexibility index (Phi) is 9.98. The van der Waals surface area contributed by atoms with E-state index in [9.17, 15) is 28.5 Å². The highest BCUT2D eigenvalue weighted by Gasteiger charge is 2.40. The van der Waals surface area contributed by atoms with Gasteiger partial charge in [0.1, 0.15) is 0 Å². The molecule has 14 nitrogen and oxygen atoms in total. The van der Waals surface area contributed by atoms with Crippen LogP contribution in [0.2, 0.25) is 0 Å². The molecule has 6 N–H and O–H groups in total. The Morgan fingerprint density at radius 3 is 2.57 bits per heavy atom. The Balaban J connectivity index is 1.47. The monoisotopic (exact) mass is 578 g/mol. The topological polar surface area (TPSA) is 206 Å². The first-order valence-corrected chi connectivity index (χ1v) is 14.9. The van der Waals surface area contributed by atoms with Crippen molar-refractivity contribution in [3.8, 4) is 10.4 Å². The third-order valence-electron chi connectivity index (χ3n) is 5.31. The summed E-state index contributed by atoms with van der Waals surface area (Å²) in [5.74, 6) is -0.350. The molecule has 5 atom stereocenters. The number of carbonyl (C=O) groups excluding carboxylic acids is 1. The Bertz CT molecular complexity index is 1190. The summed E-state index contributed by atoms with van der Waals surface area (Å²) in [4.78, 5) is 47.8. The number of nitrogens with zero attached hydrogens (tertiary/aromatic N) is 1. The second kappa shape index (κ2) is 12.6. The van der Waals surface area contributed by atoms with E-state index < -0.39 is 40.5 Å². The van der Waals surface area contributed by atoms with Crippen LogP contribution < -0.4 is 16.0 Å². The van der Waals surface area contributed by atoms with Gasteiger partial charge in [-0.05, 0) is 31.4 Å². The highest BCUT2D eigenvalue weighted by atomic mass is 32.1. The molecule has 2 aromatic rings. The summed E-state index contributed by atoms with van der Waals surface area (Å²) in [6.45, 7) is 2.85. The Hall–Kier alpha value is -2.19. The minimum Gasteiger partial charge on any atom is -0.465 e. The second-order valence-electron chi connectivity index (χ2n) is 8.13. The van der Waals surface area contributed by atoms with E-state index in [4.69, 9.17) is 9.63 Å². The maximum Gasteiger partial charge on any atom is 0.481 e. The van der Waals surface area contributed by atoms with Crippen LogP contribution in [0.1, 0.15) is 30.6 Å². The van der Waals surface area contributed by atoms with Crippen molar-refractivity contribution < 1.29 is 47.0 Å². The second-order valence-corrected chi connectivity index (χ2v) is 12.0. The van der Waals surface area contributed by atoms with Crippen LogP contribution in [0.5, 0.6) is 0 Å². The number of aromatic nitrogens is 1. The smallest absolute Gasteiger partial charge is 0.465 e. The zero-order chi connectivity index (χ0) is 27.2. The zero-order valence-electron chi connectivity index (χ0n) is 19.9. The first-order chi connectivity index (χ1) is 17.3. The number of rotatable bonds is 12. The van der Waals surface area contributed by atoms with Crippen LogP contribution in [0.15, 0.2) is 29.8 Å². The van der Waals surface area contributed by atoms with E-state index in [2.05, 4.69) is 24.5 Å². The third kappa shape index (κ3) is 8.95. The number of carboxylic acid groups (broad SMARTS) is 1. The van der Waals surface area contributed by atoms with Crippen LogP contribution in [0.25, 0.3) is 10.4 Å². The lowest BCUT2D eigenvalue weighted by Crippen LogP contribution is -2.41. The van der Waals surface area contributed by atoms with Crippen molar-refractivity contribution in [2.24, 2.45) is 0 Å². The normalized spacial score (nSPS) is 21.5. The minimum absolute atomic E-state index is 0.00910. The molecule has 0 spiro atoms. The average Bonchev–Trinajstić information content (AvgIpc) is 3.44. The van der Waals surface area contributed by atoms with Crippen LogP contribution in [-0.2, 0) is 27.3 Å². The molecule has 3 rings (SSSR count). The minimum atomic E-state index is -5.04. The standard InChI is InChI=1S/C20H28N4O10P2S/c1-12(14-3-5-15(6-4-14)18-13(2)23-11-37-18)24-19(25)17-9-16(10-22-17)33-36(30,31)34-35(28,29)32-8-7-21-20(26)27/h3-6,11-12,16-17,21-22H,7-10H2,1-2H3,(H,24,25)(H,26,27)(H,28,29)(H,30,31)/t12-,16+,17-/m0/s1. The lowest BCUT2D eigenvalue weighted by Gasteiger charge is -2.19. The van der Waals surface area contributed by atoms with Crippen molar-refractivity contribution in [3.05, 3.63) is 41.0 Å². The Labute approximate surface area is 216 Å². The van der Waals surface area contributed by atoms with E-state index in [1.165, 1.54) is 0 Å². The van der Waals surface area contributed by atoms with Crippen molar-refractivity contribution in [1.82, 2.24) is 20.9 Å². The molecule has 1 aliphatic rings. The van der Waals surface area contributed by atoms with Crippen molar-refractivity contribution in [2.75, 3.05) is 19.7 Å². The molecule has 17 heteroatoms. The Morgan fingerprint density at radius 2 is 1.95 bits per heavy atom. The number of nitrogens with one attached hydrogen (secondary N) is 3. The fraction of sp³-hybridized carbons (Fsp3) is 0.450. The van der Waals surface area contributed by atoms with Gasteiger partial charge in [-0.25, -0.2) is 18.9 Å². The zero-order valence-corrected chi connectivity index (χ0v) is 22.5. The summed E-state index contributed by atoms with van der Waals surface area (Å²) in [7, 11) is -10.1. The number of phosphoric ester groups is 2. The van der Waals surface area contributed by atoms with E-state index in [1.54, 1.807) is 16.8 Å². The highest BCUT2D eigenvalue weighted by molar-refractivity contribution is 7.61. The van der Waals surface area contributed by atoms with Gasteiger partial charge in [-0.1, -0.05) is 24.3 Å². The molecule has 0 bridgehead atoms. The SMILES string of the molecule is Cc1ncsc1-c1ccc([C@H](C)NC(=O)[C@@H]2C[C@@H](OP(=O)(O)OP(=O)(O)OCCNC(=O)O)CN2)cc1. The van der Waals surface area contributed by atoms with Crippen LogP contribution in [0.4, 0.5) is 4.79 Å². The van der Waals surface area contributed by atoms with Crippen molar-refractivity contribution in [3.63, 3.8) is 0 Å². The molecular formula is C20H28N4O10P2S. The van der Waals surface area contributed by atoms with E-state index in [-0.39, 0.29) is 31.5 Å². The van der Waals surface area contributed by atoms with Gasteiger partial charge in [-0.3, -0.25) is 13.8 Å². The van der Waals surface area contributed by atoms with Gasteiger partial charge in [-0.2, -0.15) is 4.31 Å². The number of hydrogen-bond acceptors (Lipinski definition) is 10. The molecule has 0 radical (unpaired) electrons. The van der Waals surface area contributed by atoms with E-state index in [0.29, 0.717) is 0 Å². The molecule has 2 amide bonds. The average molecular weight is 578 g/mol. The molecule has 1 saturated heterocycles. The summed E-state index contributed by atoms with van der Waals surface area (Å²) < 4.78 is 37.6. The molecule has 0 saturated carbocycles. The van der Waals surface area contributed by atoms with Crippen LogP contribution in [0, 0.1) is 6.92 Å². The highest BCUT2D eigenvalue weighted by Crippen LogP contribution is 2.61. The molecule has 2 unspecified atom stereocenters. The molecule has 1 aromatic heterocycles. The number of phosphoric acid groups is 2. The molecule has 1 aromatic carbocycles. The van der Waals surface area contributed by atoms with Crippen molar-refractivity contribution >= 4 is 39.0 Å². The van der Waals surface area contributed by atoms with E-state index in [1.807, 2.05) is 43.4 Å². The summed E-state index contributed by atoms with van der Waals surface area (Å²) in [6, 6.07) is 6.71. The van der Waals surface area contributed by atoms with Crippen LogP contribution >= 0.6 is 27.0 Å². The van der Waals surface area contributed by atoms with E-state index in [0.717, 1.165) is 21.7 Å². The Morgan fingerprint density at radius 1 is 1.24 bits per heavy atom. The number of aryl methyl sites for hydroxylation is 1. The van der Waals surface area contributed by atoms with Gasteiger partial charge < -0.3 is 30.8 Å². The third-order valence-corrected chi connectivity index (χ3v) is 9.01. The van der Waals surface area contributed by atoms with Gasteiger partial charge >= 0.3 is 21.7 Å². The molecule has 1 aliphatic heterocycles. The van der Waals surface area contributed by atoms with Gasteiger partial charge in [0.05, 0.1) is 40.9 Å². The molecule has 0 aliphatic carbocycles. The maximum atomic E-state index is 12.7.